The van der Waals surface area contributed by atoms with Gasteiger partial charge in [0, 0.05) is 23.8 Å². The van der Waals surface area contributed by atoms with E-state index in [0.717, 1.165) is 29.1 Å². The van der Waals surface area contributed by atoms with Gasteiger partial charge in [0.2, 0.25) is 0 Å². The SMILES string of the molecule is Cc1ccc(Cn2nc(C)c(CN[C@H](C)c3ccc(F)c(F)c3)c2C)cc1. The molecule has 3 aromatic rings. The van der Waals surface area contributed by atoms with Crippen molar-refractivity contribution < 1.29 is 8.78 Å². The zero-order chi connectivity index (χ0) is 19.6. The molecule has 5 heteroatoms. The second-order valence-electron chi connectivity index (χ2n) is 7.07. The van der Waals surface area contributed by atoms with Crippen molar-refractivity contribution in [3.8, 4) is 0 Å². The Bertz CT molecular complexity index is 929. The van der Waals surface area contributed by atoms with Gasteiger partial charge in [0.15, 0.2) is 11.6 Å². The van der Waals surface area contributed by atoms with Crippen LogP contribution in [0.25, 0.3) is 0 Å². The quantitative estimate of drug-likeness (QED) is 0.664. The smallest absolute Gasteiger partial charge is 0.159 e. The maximum atomic E-state index is 13.5. The number of hydrogen-bond donors (Lipinski definition) is 1. The molecule has 0 fully saturated rings. The van der Waals surface area contributed by atoms with Crippen LogP contribution in [0, 0.1) is 32.4 Å². The Morgan fingerprint density at radius 2 is 1.70 bits per heavy atom. The number of halogens is 2. The number of aryl methyl sites for hydroxylation is 2. The first-order chi connectivity index (χ1) is 12.8. The normalized spacial score (nSPS) is 12.4. The summed E-state index contributed by atoms with van der Waals surface area (Å²) >= 11 is 0. The van der Waals surface area contributed by atoms with Crippen molar-refractivity contribution in [2.24, 2.45) is 0 Å². The summed E-state index contributed by atoms with van der Waals surface area (Å²) in [4.78, 5) is 0. The number of rotatable bonds is 6. The molecular formula is C22H25F2N3. The molecule has 0 saturated heterocycles. The van der Waals surface area contributed by atoms with E-state index in [0.29, 0.717) is 6.54 Å². The van der Waals surface area contributed by atoms with E-state index in [1.165, 1.54) is 23.3 Å². The van der Waals surface area contributed by atoms with Crippen LogP contribution in [0.3, 0.4) is 0 Å². The molecule has 142 valence electrons. The molecule has 3 rings (SSSR count). The van der Waals surface area contributed by atoms with Crippen LogP contribution in [0.2, 0.25) is 0 Å². The largest absolute Gasteiger partial charge is 0.306 e. The van der Waals surface area contributed by atoms with Crippen molar-refractivity contribution >= 4 is 0 Å². The van der Waals surface area contributed by atoms with Gasteiger partial charge in [0.05, 0.1) is 12.2 Å². The van der Waals surface area contributed by atoms with Crippen LogP contribution in [0.15, 0.2) is 42.5 Å². The number of nitrogens with one attached hydrogen (secondary N) is 1. The van der Waals surface area contributed by atoms with Gasteiger partial charge in [-0.2, -0.15) is 5.10 Å². The first kappa shape index (κ1) is 19.2. The fourth-order valence-electron chi connectivity index (χ4n) is 3.16. The van der Waals surface area contributed by atoms with Crippen molar-refractivity contribution in [2.75, 3.05) is 0 Å². The predicted octanol–water partition coefficient (Wildman–Crippen LogP) is 4.99. The van der Waals surface area contributed by atoms with Crippen LogP contribution < -0.4 is 5.32 Å². The van der Waals surface area contributed by atoms with Gasteiger partial charge < -0.3 is 5.32 Å². The Morgan fingerprint density at radius 1 is 1.00 bits per heavy atom. The number of hydrogen-bond acceptors (Lipinski definition) is 2. The fraction of sp³-hybridized carbons (Fsp3) is 0.318. The lowest BCUT2D eigenvalue weighted by molar-refractivity contribution is 0.500. The topological polar surface area (TPSA) is 29.9 Å². The van der Waals surface area contributed by atoms with Crippen molar-refractivity contribution in [1.29, 1.82) is 0 Å². The second kappa shape index (κ2) is 8.01. The van der Waals surface area contributed by atoms with Crippen molar-refractivity contribution in [3.05, 3.63) is 87.7 Å². The highest BCUT2D eigenvalue weighted by molar-refractivity contribution is 5.28. The molecule has 1 atom stereocenters. The van der Waals surface area contributed by atoms with Crippen LogP contribution in [-0.4, -0.2) is 9.78 Å². The summed E-state index contributed by atoms with van der Waals surface area (Å²) in [5, 5.41) is 8.06. The lowest BCUT2D eigenvalue weighted by Gasteiger charge is -2.15. The van der Waals surface area contributed by atoms with Crippen LogP contribution in [0.4, 0.5) is 8.78 Å². The molecule has 0 radical (unpaired) electrons. The molecule has 0 aliphatic rings. The van der Waals surface area contributed by atoms with E-state index in [4.69, 9.17) is 0 Å². The average molecular weight is 369 g/mol. The van der Waals surface area contributed by atoms with Gasteiger partial charge in [-0.1, -0.05) is 35.9 Å². The monoisotopic (exact) mass is 369 g/mol. The van der Waals surface area contributed by atoms with E-state index >= 15 is 0 Å². The van der Waals surface area contributed by atoms with E-state index in [-0.39, 0.29) is 6.04 Å². The molecule has 0 bridgehead atoms. The van der Waals surface area contributed by atoms with Crippen molar-refractivity contribution in [3.63, 3.8) is 0 Å². The summed E-state index contributed by atoms with van der Waals surface area (Å²) in [7, 11) is 0. The Labute approximate surface area is 159 Å². The molecule has 0 unspecified atom stereocenters. The van der Waals surface area contributed by atoms with E-state index in [9.17, 15) is 8.78 Å². The predicted molar refractivity (Wildman–Crippen MR) is 104 cm³/mol. The van der Waals surface area contributed by atoms with Crippen LogP contribution in [-0.2, 0) is 13.1 Å². The number of aromatic nitrogens is 2. The third-order valence-corrected chi connectivity index (χ3v) is 5.01. The first-order valence-corrected chi connectivity index (χ1v) is 9.12. The van der Waals surface area contributed by atoms with Gasteiger partial charge in [0.1, 0.15) is 0 Å². The Morgan fingerprint density at radius 3 is 2.37 bits per heavy atom. The fourth-order valence-corrected chi connectivity index (χ4v) is 3.16. The minimum absolute atomic E-state index is 0.0978. The molecule has 0 amide bonds. The van der Waals surface area contributed by atoms with E-state index in [1.54, 1.807) is 6.07 Å². The summed E-state index contributed by atoms with van der Waals surface area (Å²) < 4.78 is 28.6. The standard InChI is InChI=1S/C22H25F2N3/c1-14-5-7-18(8-6-14)13-27-17(4)20(16(3)26-27)12-25-15(2)19-9-10-21(23)22(24)11-19/h5-11,15,25H,12-13H2,1-4H3/t15-/m1/s1. The first-order valence-electron chi connectivity index (χ1n) is 9.12. The lowest BCUT2D eigenvalue weighted by Crippen LogP contribution is -2.19. The zero-order valence-electron chi connectivity index (χ0n) is 16.2. The van der Waals surface area contributed by atoms with Gasteiger partial charge in [-0.05, 0) is 51.0 Å². The Hall–Kier alpha value is -2.53. The summed E-state index contributed by atoms with van der Waals surface area (Å²) in [6.07, 6.45) is 0. The molecule has 1 aromatic heterocycles. The zero-order valence-corrected chi connectivity index (χ0v) is 16.2. The minimum Gasteiger partial charge on any atom is -0.306 e. The maximum Gasteiger partial charge on any atom is 0.159 e. The maximum absolute atomic E-state index is 13.5. The highest BCUT2D eigenvalue weighted by atomic mass is 19.2. The highest BCUT2D eigenvalue weighted by Gasteiger charge is 2.14. The minimum atomic E-state index is -0.824. The second-order valence-corrected chi connectivity index (χ2v) is 7.07. The molecule has 1 N–H and O–H groups in total. The molecule has 0 saturated carbocycles. The van der Waals surface area contributed by atoms with Crippen LogP contribution in [0.1, 0.15) is 46.6 Å². The molecule has 3 nitrogen and oxygen atoms in total. The molecular weight excluding hydrogens is 344 g/mol. The molecule has 27 heavy (non-hydrogen) atoms. The molecule has 0 aliphatic carbocycles. The van der Waals surface area contributed by atoms with Gasteiger partial charge in [-0.3, -0.25) is 4.68 Å². The summed E-state index contributed by atoms with van der Waals surface area (Å²) in [5.41, 5.74) is 6.39. The van der Waals surface area contributed by atoms with Gasteiger partial charge in [0.25, 0.3) is 0 Å². The van der Waals surface area contributed by atoms with Crippen molar-refractivity contribution in [1.82, 2.24) is 15.1 Å². The van der Waals surface area contributed by atoms with E-state index in [2.05, 4.69) is 48.5 Å². The third kappa shape index (κ3) is 4.42. The molecule has 2 aromatic carbocycles. The van der Waals surface area contributed by atoms with E-state index < -0.39 is 11.6 Å². The molecule has 0 spiro atoms. The molecule has 1 heterocycles. The highest BCUT2D eigenvalue weighted by Crippen LogP contribution is 2.19. The van der Waals surface area contributed by atoms with E-state index in [1.807, 2.05) is 18.5 Å². The number of benzene rings is 2. The number of nitrogens with zero attached hydrogens (tertiary/aromatic N) is 2. The summed E-state index contributed by atoms with van der Waals surface area (Å²) in [5.74, 6) is -1.64. The average Bonchev–Trinajstić information content (AvgIpc) is 2.90. The third-order valence-electron chi connectivity index (χ3n) is 5.01. The lowest BCUT2D eigenvalue weighted by atomic mass is 10.1. The summed E-state index contributed by atoms with van der Waals surface area (Å²) in [6, 6.07) is 12.4. The van der Waals surface area contributed by atoms with Gasteiger partial charge in [-0.15, -0.1) is 0 Å². The van der Waals surface area contributed by atoms with Crippen molar-refractivity contribution in [2.45, 2.75) is 46.8 Å². The van der Waals surface area contributed by atoms with Crippen LogP contribution in [0.5, 0.6) is 0 Å². The van der Waals surface area contributed by atoms with Gasteiger partial charge in [-0.25, -0.2) is 8.78 Å². The Balaban J connectivity index is 1.70. The van der Waals surface area contributed by atoms with Gasteiger partial charge >= 0.3 is 0 Å². The van der Waals surface area contributed by atoms with Crippen LogP contribution >= 0.6 is 0 Å². The Kier molecular flexibility index (Phi) is 5.71. The molecule has 0 aliphatic heterocycles. The summed E-state index contributed by atoms with van der Waals surface area (Å²) in [6.45, 7) is 9.42.